The van der Waals surface area contributed by atoms with E-state index >= 15 is 0 Å². The first-order valence-electron chi connectivity index (χ1n) is 6.89. The lowest BCUT2D eigenvalue weighted by atomic mass is 9.77. The molecule has 4 heteroatoms. The topological polar surface area (TPSA) is 35.2 Å². The van der Waals surface area contributed by atoms with E-state index in [4.69, 9.17) is 10.5 Å². The highest BCUT2D eigenvalue weighted by atomic mass is 79.9. The van der Waals surface area contributed by atoms with Crippen molar-refractivity contribution in [2.75, 3.05) is 6.61 Å². The number of hydrogen-bond acceptors (Lipinski definition) is 2. The fourth-order valence-corrected chi connectivity index (χ4v) is 3.29. The van der Waals surface area contributed by atoms with Crippen molar-refractivity contribution in [3.63, 3.8) is 0 Å². The Balaban J connectivity index is 1.77. The molecule has 1 atom stereocenters. The first-order chi connectivity index (χ1) is 9.06. The van der Waals surface area contributed by atoms with Crippen LogP contribution in [-0.2, 0) is 11.2 Å². The van der Waals surface area contributed by atoms with Gasteiger partial charge in [-0.05, 0) is 62.3 Å². The Bertz CT molecular complexity index is 400. The molecule has 0 aromatic heterocycles. The summed E-state index contributed by atoms with van der Waals surface area (Å²) in [5.41, 5.74) is 7.12. The van der Waals surface area contributed by atoms with Crippen molar-refractivity contribution in [2.45, 2.75) is 44.8 Å². The summed E-state index contributed by atoms with van der Waals surface area (Å²) in [5, 5.41) is 0. The number of ether oxygens (including phenoxy) is 1. The zero-order valence-corrected chi connectivity index (χ0v) is 12.8. The minimum Gasteiger partial charge on any atom is -0.378 e. The van der Waals surface area contributed by atoms with Gasteiger partial charge in [-0.25, -0.2) is 4.39 Å². The molecule has 1 aromatic carbocycles. The van der Waals surface area contributed by atoms with E-state index in [0.29, 0.717) is 12.0 Å². The lowest BCUT2D eigenvalue weighted by molar-refractivity contribution is -0.0280. The van der Waals surface area contributed by atoms with Crippen molar-refractivity contribution in [3.8, 4) is 0 Å². The molecule has 0 amide bonds. The molecule has 1 fully saturated rings. The molecule has 0 bridgehead atoms. The molecule has 2 N–H and O–H groups in total. The second kappa shape index (κ2) is 6.82. The van der Waals surface area contributed by atoms with Crippen molar-refractivity contribution in [1.82, 2.24) is 0 Å². The fourth-order valence-electron chi connectivity index (χ4n) is 2.78. The van der Waals surface area contributed by atoms with Gasteiger partial charge in [0.15, 0.2) is 0 Å². The summed E-state index contributed by atoms with van der Waals surface area (Å²) in [7, 11) is 0. The van der Waals surface area contributed by atoms with Gasteiger partial charge in [-0.3, -0.25) is 0 Å². The van der Waals surface area contributed by atoms with Gasteiger partial charge in [-0.1, -0.05) is 15.9 Å². The van der Waals surface area contributed by atoms with Crippen molar-refractivity contribution >= 4 is 15.9 Å². The monoisotopic (exact) mass is 329 g/mol. The molecule has 106 valence electrons. The standard InChI is InChI=1S/C15H21BrFNO/c1-2-19-15-7-11(8-15)6-14(18)5-10-3-12(16)9-13(17)4-10/h3-4,9,11,14-15H,2,5-8,18H2,1H3. The first kappa shape index (κ1) is 14.9. The fraction of sp³-hybridized carbons (Fsp3) is 0.600. The molecule has 1 aliphatic carbocycles. The molecule has 19 heavy (non-hydrogen) atoms. The first-order valence-corrected chi connectivity index (χ1v) is 7.68. The SMILES string of the molecule is CCOC1CC(CC(N)Cc2cc(F)cc(Br)c2)C1. The van der Waals surface area contributed by atoms with Gasteiger partial charge in [0.05, 0.1) is 6.10 Å². The van der Waals surface area contributed by atoms with E-state index in [9.17, 15) is 4.39 Å². The van der Waals surface area contributed by atoms with Gasteiger partial charge < -0.3 is 10.5 Å². The lowest BCUT2D eigenvalue weighted by Crippen LogP contribution is -2.36. The Morgan fingerprint density at radius 1 is 1.42 bits per heavy atom. The van der Waals surface area contributed by atoms with Crippen LogP contribution in [0.15, 0.2) is 22.7 Å². The van der Waals surface area contributed by atoms with Gasteiger partial charge >= 0.3 is 0 Å². The number of hydrogen-bond donors (Lipinski definition) is 1. The average Bonchev–Trinajstić information content (AvgIpc) is 2.24. The van der Waals surface area contributed by atoms with E-state index in [1.54, 1.807) is 6.07 Å². The van der Waals surface area contributed by atoms with Crippen LogP contribution in [0.1, 0.15) is 31.7 Å². The van der Waals surface area contributed by atoms with Crippen LogP contribution in [0.2, 0.25) is 0 Å². The zero-order valence-electron chi connectivity index (χ0n) is 11.2. The third-order valence-electron chi connectivity index (χ3n) is 3.65. The molecule has 2 rings (SSSR count). The van der Waals surface area contributed by atoms with E-state index in [0.717, 1.165) is 42.3 Å². The van der Waals surface area contributed by atoms with Gasteiger partial charge in [-0.2, -0.15) is 0 Å². The second-order valence-electron chi connectivity index (χ2n) is 5.39. The molecule has 0 saturated heterocycles. The smallest absolute Gasteiger partial charge is 0.124 e. The van der Waals surface area contributed by atoms with Gasteiger partial charge in [-0.15, -0.1) is 0 Å². The molecule has 0 spiro atoms. The van der Waals surface area contributed by atoms with Crippen molar-refractivity contribution < 1.29 is 9.13 Å². The van der Waals surface area contributed by atoms with Crippen LogP contribution in [0.25, 0.3) is 0 Å². The molecule has 1 aliphatic rings. The minimum absolute atomic E-state index is 0.0984. The lowest BCUT2D eigenvalue weighted by Gasteiger charge is -2.36. The summed E-state index contributed by atoms with van der Waals surface area (Å²) >= 11 is 3.31. The molecule has 0 radical (unpaired) electrons. The Morgan fingerprint density at radius 2 is 2.16 bits per heavy atom. The van der Waals surface area contributed by atoms with Crippen LogP contribution in [0.5, 0.6) is 0 Å². The Morgan fingerprint density at radius 3 is 2.79 bits per heavy atom. The summed E-state index contributed by atoms with van der Waals surface area (Å²) < 4.78 is 19.6. The van der Waals surface area contributed by atoms with Crippen LogP contribution >= 0.6 is 15.9 Å². The number of rotatable bonds is 6. The zero-order chi connectivity index (χ0) is 13.8. The van der Waals surface area contributed by atoms with Crippen molar-refractivity contribution in [1.29, 1.82) is 0 Å². The third kappa shape index (κ3) is 4.55. The summed E-state index contributed by atoms with van der Waals surface area (Å²) in [6, 6.07) is 5.07. The maximum atomic E-state index is 13.3. The minimum atomic E-state index is -0.211. The number of nitrogens with two attached hydrogens (primary N) is 1. The second-order valence-corrected chi connectivity index (χ2v) is 6.31. The molecular weight excluding hydrogens is 309 g/mol. The van der Waals surface area contributed by atoms with Crippen molar-refractivity contribution in [3.05, 3.63) is 34.1 Å². The molecule has 0 heterocycles. The van der Waals surface area contributed by atoms with Crippen LogP contribution in [0.4, 0.5) is 4.39 Å². The normalized spacial score (nSPS) is 24.0. The van der Waals surface area contributed by atoms with Crippen LogP contribution in [0, 0.1) is 11.7 Å². The van der Waals surface area contributed by atoms with Gasteiger partial charge in [0.1, 0.15) is 5.82 Å². The van der Waals surface area contributed by atoms with Crippen LogP contribution < -0.4 is 5.73 Å². The maximum Gasteiger partial charge on any atom is 0.124 e. The highest BCUT2D eigenvalue weighted by Crippen LogP contribution is 2.33. The Kier molecular flexibility index (Phi) is 5.37. The molecule has 0 aliphatic heterocycles. The Labute approximate surface area is 122 Å². The number of halogens is 2. The van der Waals surface area contributed by atoms with Crippen LogP contribution in [0.3, 0.4) is 0 Å². The largest absolute Gasteiger partial charge is 0.378 e. The summed E-state index contributed by atoms with van der Waals surface area (Å²) in [5.74, 6) is 0.458. The summed E-state index contributed by atoms with van der Waals surface area (Å²) in [6.07, 6.45) is 4.40. The third-order valence-corrected chi connectivity index (χ3v) is 4.11. The van der Waals surface area contributed by atoms with Gasteiger partial charge in [0.25, 0.3) is 0 Å². The summed E-state index contributed by atoms with van der Waals surface area (Å²) in [4.78, 5) is 0. The van der Waals surface area contributed by atoms with Crippen molar-refractivity contribution in [2.24, 2.45) is 11.7 Å². The predicted molar refractivity (Wildman–Crippen MR) is 78.5 cm³/mol. The Hall–Kier alpha value is -0.450. The molecular formula is C15H21BrFNO. The summed E-state index contributed by atoms with van der Waals surface area (Å²) in [6.45, 7) is 2.82. The van der Waals surface area contributed by atoms with E-state index in [1.165, 1.54) is 6.07 Å². The van der Waals surface area contributed by atoms with E-state index in [2.05, 4.69) is 15.9 Å². The van der Waals surface area contributed by atoms with E-state index in [1.807, 2.05) is 13.0 Å². The van der Waals surface area contributed by atoms with Gasteiger partial charge in [0.2, 0.25) is 0 Å². The van der Waals surface area contributed by atoms with Gasteiger partial charge in [0, 0.05) is 17.1 Å². The van der Waals surface area contributed by atoms with E-state index < -0.39 is 0 Å². The highest BCUT2D eigenvalue weighted by molar-refractivity contribution is 9.10. The number of benzene rings is 1. The predicted octanol–water partition coefficient (Wildman–Crippen LogP) is 3.66. The van der Waals surface area contributed by atoms with Crippen LogP contribution in [-0.4, -0.2) is 18.8 Å². The molecule has 1 aromatic rings. The maximum absolute atomic E-state index is 13.3. The average molecular weight is 330 g/mol. The quantitative estimate of drug-likeness (QED) is 0.864. The molecule has 1 saturated carbocycles. The molecule has 2 nitrogen and oxygen atoms in total. The highest BCUT2D eigenvalue weighted by Gasteiger charge is 2.30. The van der Waals surface area contributed by atoms with E-state index in [-0.39, 0.29) is 11.9 Å². The molecule has 1 unspecified atom stereocenters.